The summed E-state index contributed by atoms with van der Waals surface area (Å²) in [6, 6.07) is 3.79. The van der Waals surface area contributed by atoms with E-state index in [0.29, 0.717) is 37.9 Å². The van der Waals surface area contributed by atoms with Crippen LogP contribution in [0.25, 0.3) is 10.9 Å². The van der Waals surface area contributed by atoms with Gasteiger partial charge in [-0.1, -0.05) is 0 Å². The molecular formula is C15H20N2O4S. The van der Waals surface area contributed by atoms with E-state index in [1.54, 1.807) is 32.3 Å². The molecule has 7 heteroatoms. The second-order valence-electron chi connectivity index (χ2n) is 4.38. The van der Waals surface area contributed by atoms with Crippen LogP contribution in [0, 0.1) is 0 Å². The molecule has 1 heterocycles. The van der Waals surface area contributed by atoms with Gasteiger partial charge < -0.3 is 18.9 Å². The molecule has 0 bridgehead atoms. The Bertz CT molecular complexity index is 609. The topological polar surface area (TPSA) is 62.7 Å². The first-order chi connectivity index (χ1) is 10.8. The second-order valence-corrected chi connectivity index (χ2v) is 5.18. The van der Waals surface area contributed by atoms with Crippen LogP contribution in [0.5, 0.6) is 11.5 Å². The number of rotatable bonds is 9. The van der Waals surface area contributed by atoms with Crippen molar-refractivity contribution in [1.82, 2.24) is 9.97 Å². The van der Waals surface area contributed by atoms with Crippen molar-refractivity contribution < 1.29 is 18.9 Å². The number of hydrogen-bond donors (Lipinski definition) is 0. The van der Waals surface area contributed by atoms with E-state index in [9.17, 15) is 0 Å². The molecule has 22 heavy (non-hydrogen) atoms. The van der Waals surface area contributed by atoms with Crippen LogP contribution in [0.15, 0.2) is 23.5 Å². The third-order valence-corrected chi connectivity index (χ3v) is 3.66. The number of thioether (sulfide) groups is 1. The predicted molar refractivity (Wildman–Crippen MR) is 86.1 cm³/mol. The Kier molecular flexibility index (Phi) is 6.70. The van der Waals surface area contributed by atoms with E-state index < -0.39 is 0 Å². The average molecular weight is 324 g/mol. The lowest BCUT2D eigenvalue weighted by atomic mass is 10.2. The maximum Gasteiger partial charge on any atom is 0.163 e. The summed E-state index contributed by atoms with van der Waals surface area (Å²) in [5.74, 6) is 1.30. The van der Waals surface area contributed by atoms with Crippen LogP contribution in [0.3, 0.4) is 0 Å². The fourth-order valence-corrected chi connectivity index (χ4v) is 2.43. The van der Waals surface area contributed by atoms with Gasteiger partial charge in [0.05, 0.1) is 18.7 Å². The van der Waals surface area contributed by atoms with Crippen molar-refractivity contribution in [3.05, 3.63) is 18.5 Å². The first-order valence-electron chi connectivity index (χ1n) is 6.86. The van der Waals surface area contributed by atoms with Crippen LogP contribution < -0.4 is 9.47 Å². The molecule has 0 N–H and O–H groups in total. The number of nitrogens with zero attached hydrogens (tertiary/aromatic N) is 2. The second kappa shape index (κ2) is 8.77. The Balaban J connectivity index is 2.33. The highest BCUT2D eigenvalue weighted by atomic mass is 32.2. The Morgan fingerprint density at radius 1 is 0.909 bits per heavy atom. The van der Waals surface area contributed by atoms with Gasteiger partial charge in [-0.25, -0.2) is 9.97 Å². The van der Waals surface area contributed by atoms with Gasteiger partial charge in [0.15, 0.2) is 11.5 Å². The highest BCUT2D eigenvalue weighted by Crippen LogP contribution is 2.34. The number of methoxy groups -OCH3 is 2. The molecule has 120 valence electrons. The van der Waals surface area contributed by atoms with Gasteiger partial charge in [0.2, 0.25) is 0 Å². The molecule has 1 aromatic heterocycles. The third-order valence-electron chi connectivity index (χ3n) is 2.95. The molecule has 2 rings (SSSR count). The van der Waals surface area contributed by atoms with Crippen molar-refractivity contribution in [1.29, 1.82) is 0 Å². The van der Waals surface area contributed by atoms with Gasteiger partial charge in [-0.2, -0.15) is 0 Å². The zero-order valence-electron chi connectivity index (χ0n) is 13.0. The summed E-state index contributed by atoms with van der Waals surface area (Å²) in [4.78, 5) is 8.58. The lowest BCUT2D eigenvalue weighted by Gasteiger charge is -2.14. The predicted octanol–water partition coefficient (Wildman–Crippen LogP) is 2.40. The highest BCUT2D eigenvalue weighted by molar-refractivity contribution is 7.98. The minimum Gasteiger partial charge on any atom is -0.487 e. The molecule has 0 amide bonds. The van der Waals surface area contributed by atoms with Gasteiger partial charge in [-0.05, 0) is 12.3 Å². The Hall–Kier alpha value is -1.57. The standard InChI is InChI=1S/C15H20N2O4S/c1-18-4-6-20-13-8-11-12(16-10-17-15(11)22-3)9-14(13)21-7-5-19-2/h8-10H,4-7H2,1-3H3. The first kappa shape index (κ1) is 16.8. The quantitative estimate of drug-likeness (QED) is 0.399. The third kappa shape index (κ3) is 4.22. The molecule has 6 nitrogen and oxygen atoms in total. The molecule has 0 aliphatic heterocycles. The molecule has 0 saturated carbocycles. The van der Waals surface area contributed by atoms with Crippen LogP contribution in [0.4, 0.5) is 0 Å². The first-order valence-corrected chi connectivity index (χ1v) is 8.08. The number of ether oxygens (including phenoxy) is 4. The van der Waals surface area contributed by atoms with Crippen LogP contribution in [0.1, 0.15) is 0 Å². The summed E-state index contributed by atoms with van der Waals surface area (Å²) < 4.78 is 21.5. The lowest BCUT2D eigenvalue weighted by molar-refractivity contribution is 0.132. The molecule has 0 fully saturated rings. The van der Waals surface area contributed by atoms with Gasteiger partial charge >= 0.3 is 0 Å². The molecule has 0 aliphatic carbocycles. The van der Waals surface area contributed by atoms with Crippen LogP contribution in [-0.2, 0) is 9.47 Å². The molecule has 1 aromatic carbocycles. The number of fused-ring (bicyclic) bond motifs is 1. The Morgan fingerprint density at radius 3 is 2.14 bits per heavy atom. The molecule has 0 spiro atoms. The summed E-state index contributed by atoms with van der Waals surface area (Å²) in [6.07, 6.45) is 3.54. The van der Waals surface area contributed by atoms with Gasteiger partial charge in [-0.15, -0.1) is 11.8 Å². The molecule has 0 atom stereocenters. The van der Waals surface area contributed by atoms with Crippen molar-refractivity contribution in [2.75, 3.05) is 46.9 Å². The minimum atomic E-state index is 0.448. The lowest BCUT2D eigenvalue weighted by Crippen LogP contribution is -2.08. The zero-order valence-corrected chi connectivity index (χ0v) is 13.8. The summed E-state index contributed by atoms with van der Waals surface area (Å²) in [7, 11) is 3.27. The number of benzene rings is 1. The smallest absolute Gasteiger partial charge is 0.163 e. The van der Waals surface area contributed by atoms with E-state index in [1.807, 2.05) is 18.4 Å². The minimum absolute atomic E-state index is 0.448. The summed E-state index contributed by atoms with van der Waals surface area (Å²) in [5, 5.41) is 1.85. The van der Waals surface area contributed by atoms with E-state index in [2.05, 4.69) is 9.97 Å². The summed E-state index contributed by atoms with van der Waals surface area (Å²) >= 11 is 1.57. The number of hydrogen-bond acceptors (Lipinski definition) is 7. The van der Waals surface area contributed by atoms with E-state index in [4.69, 9.17) is 18.9 Å². The van der Waals surface area contributed by atoms with E-state index in [-0.39, 0.29) is 0 Å². The zero-order chi connectivity index (χ0) is 15.8. The number of aromatic nitrogens is 2. The Labute approximate surface area is 134 Å². The fraction of sp³-hybridized carbons (Fsp3) is 0.467. The van der Waals surface area contributed by atoms with E-state index >= 15 is 0 Å². The van der Waals surface area contributed by atoms with E-state index in [1.165, 1.54) is 0 Å². The van der Waals surface area contributed by atoms with Gasteiger partial charge in [0.25, 0.3) is 0 Å². The van der Waals surface area contributed by atoms with Crippen LogP contribution in [-0.4, -0.2) is 56.9 Å². The molecule has 2 aromatic rings. The van der Waals surface area contributed by atoms with Gasteiger partial charge in [-0.3, -0.25) is 0 Å². The molecular weight excluding hydrogens is 304 g/mol. The Morgan fingerprint density at radius 2 is 1.55 bits per heavy atom. The van der Waals surface area contributed by atoms with Crippen molar-refractivity contribution in [2.24, 2.45) is 0 Å². The summed E-state index contributed by atoms with van der Waals surface area (Å²) in [6.45, 7) is 1.92. The SMILES string of the molecule is COCCOc1cc2ncnc(SC)c2cc1OCCOC. The molecule has 0 saturated heterocycles. The highest BCUT2D eigenvalue weighted by Gasteiger charge is 2.12. The summed E-state index contributed by atoms with van der Waals surface area (Å²) in [5.41, 5.74) is 0.825. The van der Waals surface area contributed by atoms with E-state index in [0.717, 1.165) is 15.9 Å². The molecule has 0 unspecified atom stereocenters. The van der Waals surface area contributed by atoms with Crippen LogP contribution in [0.2, 0.25) is 0 Å². The largest absolute Gasteiger partial charge is 0.487 e. The van der Waals surface area contributed by atoms with Crippen molar-refractivity contribution in [3.63, 3.8) is 0 Å². The maximum atomic E-state index is 5.76. The van der Waals surface area contributed by atoms with Crippen molar-refractivity contribution >= 4 is 22.7 Å². The maximum absolute atomic E-state index is 5.76. The van der Waals surface area contributed by atoms with Crippen molar-refractivity contribution in [2.45, 2.75) is 5.03 Å². The average Bonchev–Trinajstić information content (AvgIpc) is 2.55. The fourth-order valence-electron chi connectivity index (χ4n) is 1.90. The van der Waals surface area contributed by atoms with Gasteiger partial charge in [0, 0.05) is 25.7 Å². The van der Waals surface area contributed by atoms with Crippen molar-refractivity contribution in [3.8, 4) is 11.5 Å². The van der Waals surface area contributed by atoms with Gasteiger partial charge in [0.1, 0.15) is 24.6 Å². The van der Waals surface area contributed by atoms with Crippen LogP contribution >= 0.6 is 11.8 Å². The monoisotopic (exact) mass is 324 g/mol. The molecule has 0 radical (unpaired) electrons. The molecule has 0 aliphatic rings. The normalized spacial score (nSPS) is 10.9.